The third-order valence-electron chi connectivity index (χ3n) is 2.68. The van der Waals surface area contributed by atoms with Gasteiger partial charge in [0.25, 0.3) is 10.1 Å². The predicted molar refractivity (Wildman–Crippen MR) is 73.6 cm³/mol. The average molecular weight is 309 g/mol. The van der Waals surface area contributed by atoms with Gasteiger partial charge < -0.3 is 10.1 Å². The SMILES string of the molecule is CC(=O)OC(C)C(C)CC(=O)NC(C)(C)CS(=O)(=O)O. The van der Waals surface area contributed by atoms with Gasteiger partial charge >= 0.3 is 5.97 Å². The molecule has 2 N–H and O–H groups in total. The van der Waals surface area contributed by atoms with Crippen LogP contribution in [0.25, 0.3) is 0 Å². The van der Waals surface area contributed by atoms with E-state index in [1.54, 1.807) is 13.8 Å². The maximum atomic E-state index is 11.8. The van der Waals surface area contributed by atoms with Crippen molar-refractivity contribution in [2.24, 2.45) is 5.92 Å². The van der Waals surface area contributed by atoms with E-state index in [-0.39, 0.29) is 18.2 Å². The van der Waals surface area contributed by atoms with Crippen LogP contribution in [0.4, 0.5) is 0 Å². The predicted octanol–water partition coefficient (Wildman–Crippen LogP) is 0.747. The van der Waals surface area contributed by atoms with E-state index in [1.807, 2.05) is 0 Å². The molecule has 0 fully saturated rings. The van der Waals surface area contributed by atoms with Crippen LogP contribution in [-0.2, 0) is 24.4 Å². The van der Waals surface area contributed by atoms with E-state index in [1.165, 1.54) is 20.8 Å². The quantitative estimate of drug-likeness (QED) is 0.530. The first-order valence-electron chi connectivity index (χ1n) is 6.26. The number of esters is 1. The average Bonchev–Trinajstić information content (AvgIpc) is 2.10. The van der Waals surface area contributed by atoms with Gasteiger partial charge in [0.2, 0.25) is 5.91 Å². The highest BCUT2D eigenvalue weighted by molar-refractivity contribution is 7.85. The Morgan fingerprint density at radius 1 is 1.30 bits per heavy atom. The van der Waals surface area contributed by atoms with Crippen LogP contribution < -0.4 is 5.32 Å². The van der Waals surface area contributed by atoms with Crippen molar-refractivity contribution in [1.82, 2.24) is 5.32 Å². The van der Waals surface area contributed by atoms with Crippen molar-refractivity contribution in [3.63, 3.8) is 0 Å². The standard InChI is InChI=1S/C12H23NO6S/c1-8(9(2)19-10(3)14)6-11(15)13-12(4,5)7-20(16,17)18/h8-9H,6-7H2,1-5H3,(H,13,15)(H,16,17,18). The molecule has 0 heterocycles. The highest BCUT2D eigenvalue weighted by Crippen LogP contribution is 2.13. The van der Waals surface area contributed by atoms with E-state index < -0.39 is 33.5 Å². The lowest BCUT2D eigenvalue weighted by molar-refractivity contribution is -0.148. The van der Waals surface area contributed by atoms with Crippen molar-refractivity contribution in [2.45, 2.75) is 52.7 Å². The van der Waals surface area contributed by atoms with Gasteiger partial charge in [0.15, 0.2) is 0 Å². The van der Waals surface area contributed by atoms with Crippen LogP contribution in [-0.4, -0.2) is 42.2 Å². The molecule has 0 aromatic rings. The van der Waals surface area contributed by atoms with Gasteiger partial charge in [-0.1, -0.05) is 6.92 Å². The molecule has 2 unspecified atom stereocenters. The lowest BCUT2D eigenvalue weighted by Gasteiger charge is -2.26. The minimum Gasteiger partial charge on any atom is -0.463 e. The van der Waals surface area contributed by atoms with Crippen LogP contribution in [0.2, 0.25) is 0 Å². The van der Waals surface area contributed by atoms with E-state index >= 15 is 0 Å². The summed E-state index contributed by atoms with van der Waals surface area (Å²) in [5.74, 6) is -1.57. The number of nitrogens with one attached hydrogen (secondary N) is 1. The third kappa shape index (κ3) is 8.87. The topological polar surface area (TPSA) is 110 Å². The molecule has 0 radical (unpaired) electrons. The van der Waals surface area contributed by atoms with Crippen molar-refractivity contribution in [3.05, 3.63) is 0 Å². The number of rotatable bonds is 7. The van der Waals surface area contributed by atoms with E-state index in [9.17, 15) is 18.0 Å². The molecule has 0 aliphatic rings. The largest absolute Gasteiger partial charge is 0.463 e. The highest BCUT2D eigenvalue weighted by Gasteiger charge is 2.28. The van der Waals surface area contributed by atoms with Crippen LogP contribution in [0, 0.1) is 5.92 Å². The summed E-state index contributed by atoms with van der Waals surface area (Å²) in [7, 11) is -4.17. The number of carbonyl (C=O) groups excluding carboxylic acids is 2. The third-order valence-corrected chi connectivity index (χ3v) is 3.77. The fraction of sp³-hybridized carbons (Fsp3) is 0.833. The molecule has 0 aromatic heterocycles. The molecule has 118 valence electrons. The second-order valence-corrected chi connectivity index (χ2v) is 7.11. The first-order chi connectivity index (χ1) is 8.82. The molecule has 0 rings (SSSR count). The van der Waals surface area contributed by atoms with Crippen molar-refractivity contribution in [2.75, 3.05) is 5.75 Å². The second-order valence-electron chi connectivity index (χ2n) is 5.65. The van der Waals surface area contributed by atoms with Crippen molar-refractivity contribution in [3.8, 4) is 0 Å². The zero-order valence-electron chi connectivity index (χ0n) is 12.5. The Labute approximate surface area is 119 Å². The Bertz CT molecular complexity index is 457. The molecular weight excluding hydrogens is 286 g/mol. The summed E-state index contributed by atoms with van der Waals surface area (Å²) in [6.45, 7) is 7.72. The summed E-state index contributed by atoms with van der Waals surface area (Å²) in [5, 5.41) is 2.53. The molecule has 0 spiro atoms. The van der Waals surface area contributed by atoms with Crippen molar-refractivity contribution >= 4 is 22.0 Å². The maximum Gasteiger partial charge on any atom is 0.302 e. The number of amides is 1. The summed E-state index contributed by atoms with van der Waals surface area (Å²) < 4.78 is 35.4. The van der Waals surface area contributed by atoms with E-state index in [4.69, 9.17) is 9.29 Å². The summed E-state index contributed by atoms with van der Waals surface area (Å²) in [6.07, 6.45) is -0.327. The van der Waals surface area contributed by atoms with Gasteiger partial charge in [-0.25, -0.2) is 0 Å². The van der Waals surface area contributed by atoms with Gasteiger partial charge in [0, 0.05) is 19.3 Å². The zero-order chi connectivity index (χ0) is 16.1. The molecular formula is C12H23NO6S. The summed E-state index contributed by atoms with van der Waals surface area (Å²) in [6, 6.07) is 0. The lowest BCUT2D eigenvalue weighted by atomic mass is 10.0. The molecule has 8 heteroatoms. The van der Waals surface area contributed by atoms with Crippen LogP contribution in [0.3, 0.4) is 0 Å². The summed E-state index contributed by atoms with van der Waals surface area (Å²) in [5.41, 5.74) is -1.07. The Balaban J connectivity index is 4.45. The van der Waals surface area contributed by atoms with E-state index in [0.717, 1.165) is 0 Å². The minimum absolute atomic E-state index is 0.0867. The lowest BCUT2D eigenvalue weighted by Crippen LogP contribution is -2.49. The zero-order valence-corrected chi connectivity index (χ0v) is 13.3. The van der Waals surface area contributed by atoms with E-state index in [2.05, 4.69) is 5.32 Å². The summed E-state index contributed by atoms with van der Waals surface area (Å²) in [4.78, 5) is 22.6. The summed E-state index contributed by atoms with van der Waals surface area (Å²) >= 11 is 0. The van der Waals surface area contributed by atoms with Crippen molar-refractivity contribution < 1.29 is 27.3 Å². The smallest absolute Gasteiger partial charge is 0.302 e. The number of hydrogen-bond donors (Lipinski definition) is 2. The Morgan fingerprint density at radius 2 is 1.80 bits per heavy atom. The first kappa shape index (κ1) is 18.9. The number of ether oxygens (including phenoxy) is 1. The van der Waals surface area contributed by atoms with Crippen molar-refractivity contribution in [1.29, 1.82) is 0 Å². The van der Waals surface area contributed by atoms with Gasteiger partial charge in [-0.15, -0.1) is 0 Å². The molecule has 0 saturated heterocycles. The first-order valence-corrected chi connectivity index (χ1v) is 7.87. The molecule has 1 amide bonds. The van der Waals surface area contributed by atoms with Gasteiger partial charge in [-0.05, 0) is 20.8 Å². The van der Waals surface area contributed by atoms with Gasteiger partial charge in [0.05, 0.1) is 11.3 Å². The van der Waals surface area contributed by atoms with Gasteiger partial charge in [0.1, 0.15) is 6.10 Å². The monoisotopic (exact) mass is 309 g/mol. The number of carbonyl (C=O) groups is 2. The second kappa shape index (κ2) is 7.03. The fourth-order valence-corrected chi connectivity index (χ4v) is 2.74. The maximum absolute atomic E-state index is 11.8. The van der Waals surface area contributed by atoms with Gasteiger partial charge in [-0.2, -0.15) is 8.42 Å². The molecule has 7 nitrogen and oxygen atoms in total. The van der Waals surface area contributed by atoms with Crippen LogP contribution in [0.15, 0.2) is 0 Å². The van der Waals surface area contributed by atoms with Crippen LogP contribution >= 0.6 is 0 Å². The molecule has 0 aliphatic carbocycles. The minimum atomic E-state index is -4.17. The van der Waals surface area contributed by atoms with Crippen LogP contribution in [0.5, 0.6) is 0 Å². The Morgan fingerprint density at radius 3 is 2.20 bits per heavy atom. The van der Waals surface area contributed by atoms with Crippen LogP contribution in [0.1, 0.15) is 41.0 Å². The Hall–Kier alpha value is -1.15. The van der Waals surface area contributed by atoms with E-state index in [0.29, 0.717) is 0 Å². The molecule has 2 atom stereocenters. The normalized spacial score (nSPS) is 15.3. The molecule has 0 aliphatic heterocycles. The molecule has 20 heavy (non-hydrogen) atoms. The fourth-order valence-electron chi connectivity index (χ4n) is 1.76. The molecule has 0 bridgehead atoms. The number of hydrogen-bond acceptors (Lipinski definition) is 5. The highest BCUT2D eigenvalue weighted by atomic mass is 32.2. The Kier molecular flexibility index (Phi) is 6.63. The molecule has 0 saturated carbocycles. The molecule has 0 aromatic carbocycles. The van der Waals surface area contributed by atoms with Gasteiger partial charge in [-0.3, -0.25) is 14.1 Å².